The van der Waals surface area contributed by atoms with Crippen molar-refractivity contribution in [3.63, 3.8) is 0 Å². The molecule has 1 unspecified atom stereocenters. The standard InChI is InChI=1S/C28H35NO7/c1-6-33-20-11-9-10-19(16-20)25-24(27(31)28(32)29(25)14-15-36-18(4)5)26(30)22-13-12-21(34-7-2)17-23(22)35-8-3/h9-13,16-18,25,30H,6-8,14-15H2,1-5H3/b26-24-. The molecule has 2 aromatic carbocycles. The van der Waals surface area contributed by atoms with Crippen molar-refractivity contribution < 1.29 is 33.6 Å². The lowest BCUT2D eigenvalue weighted by atomic mass is 9.94. The zero-order valence-corrected chi connectivity index (χ0v) is 21.6. The number of Topliss-reactive ketones (excluding diaryl/α,β-unsaturated/α-hetero) is 1. The third kappa shape index (κ3) is 5.99. The third-order valence-corrected chi connectivity index (χ3v) is 5.63. The number of carbonyl (C=O) groups excluding carboxylic acids is 2. The second-order valence-electron chi connectivity index (χ2n) is 8.44. The first-order valence-electron chi connectivity index (χ1n) is 12.3. The van der Waals surface area contributed by atoms with E-state index in [0.29, 0.717) is 48.2 Å². The van der Waals surface area contributed by atoms with E-state index in [1.807, 2.05) is 40.7 Å². The number of aliphatic hydroxyl groups is 1. The van der Waals surface area contributed by atoms with E-state index < -0.39 is 17.7 Å². The van der Waals surface area contributed by atoms with Crippen LogP contribution in [0.4, 0.5) is 0 Å². The van der Waals surface area contributed by atoms with Crippen molar-refractivity contribution in [1.29, 1.82) is 0 Å². The summed E-state index contributed by atoms with van der Waals surface area (Å²) in [5, 5.41) is 11.5. The lowest BCUT2D eigenvalue weighted by Crippen LogP contribution is -2.33. The highest BCUT2D eigenvalue weighted by atomic mass is 16.5. The van der Waals surface area contributed by atoms with Gasteiger partial charge in [0.25, 0.3) is 11.7 Å². The van der Waals surface area contributed by atoms with Crippen LogP contribution in [-0.2, 0) is 14.3 Å². The summed E-state index contributed by atoms with van der Waals surface area (Å²) in [4.78, 5) is 27.9. The molecule has 1 heterocycles. The summed E-state index contributed by atoms with van der Waals surface area (Å²) in [6.07, 6.45) is -0.0286. The second kappa shape index (κ2) is 12.4. The molecule has 1 aliphatic heterocycles. The molecule has 1 aliphatic rings. The van der Waals surface area contributed by atoms with Crippen LogP contribution in [-0.4, -0.2) is 60.8 Å². The minimum Gasteiger partial charge on any atom is -0.507 e. The molecule has 194 valence electrons. The molecule has 0 aromatic heterocycles. The first kappa shape index (κ1) is 27.1. The lowest BCUT2D eigenvalue weighted by Gasteiger charge is -2.26. The molecule has 0 saturated carbocycles. The van der Waals surface area contributed by atoms with E-state index in [-0.39, 0.29) is 30.6 Å². The predicted molar refractivity (Wildman–Crippen MR) is 136 cm³/mol. The molecule has 3 rings (SSSR count). The van der Waals surface area contributed by atoms with E-state index in [1.54, 1.807) is 36.4 Å². The number of ether oxygens (including phenoxy) is 4. The maximum absolute atomic E-state index is 13.3. The summed E-state index contributed by atoms with van der Waals surface area (Å²) in [7, 11) is 0. The SMILES string of the molecule is CCOc1cccc(C2/C(=C(/O)c3ccc(OCC)cc3OCC)C(=O)C(=O)N2CCOC(C)C)c1. The van der Waals surface area contributed by atoms with Gasteiger partial charge in [-0.2, -0.15) is 0 Å². The van der Waals surface area contributed by atoms with Crippen molar-refractivity contribution in [2.45, 2.75) is 46.8 Å². The Balaban J connectivity index is 2.16. The van der Waals surface area contributed by atoms with Gasteiger partial charge in [0.05, 0.1) is 49.7 Å². The van der Waals surface area contributed by atoms with Crippen LogP contribution < -0.4 is 14.2 Å². The van der Waals surface area contributed by atoms with Crippen molar-refractivity contribution in [2.24, 2.45) is 0 Å². The van der Waals surface area contributed by atoms with Crippen molar-refractivity contribution in [1.82, 2.24) is 4.90 Å². The van der Waals surface area contributed by atoms with E-state index in [1.165, 1.54) is 4.90 Å². The van der Waals surface area contributed by atoms with Gasteiger partial charge in [-0.15, -0.1) is 0 Å². The van der Waals surface area contributed by atoms with Crippen LogP contribution in [0.25, 0.3) is 5.76 Å². The van der Waals surface area contributed by atoms with E-state index in [4.69, 9.17) is 18.9 Å². The van der Waals surface area contributed by atoms with Crippen LogP contribution in [0.3, 0.4) is 0 Å². The van der Waals surface area contributed by atoms with Gasteiger partial charge in [-0.25, -0.2) is 0 Å². The molecule has 36 heavy (non-hydrogen) atoms. The number of ketones is 1. The van der Waals surface area contributed by atoms with Gasteiger partial charge in [-0.05, 0) is 64.4 Å². The van der Waals surface area contributed by atoms with Crippen molar-refractivity contribution in [3.8, 4) is 17.2 Å². The highest BCUT2D eigenvalue weighted by Gasteiger charge is 2.46. The smallest absolute Gasteiger partial charge is 0.295 e. The summed E-state index contributed by atoms with van der Waals surface area (Å²) in [5.41, 5.74) is 0.946. The van der Waals surface area contributed by atoms with E-state index >= 15 is 0 Å². The van der Waals surface area contributed by atoms with E-state index in [2.05, 4.69) is 0 Å². The largest absolute Gasteiger partial charge is 0.507 e. The Hall–Kier alpha value is -3.52. The molecule has 0 radical (unpaired) electrons. The van der Waals surface area contributed by atoms with Gasteiger partial charge < -0.3 is 29.0 Å². The summed E-state index contributed by atoms with van der Waals surface area (Å²) in [5.74, 6) is -0.226. The van der Waals surface area contributed by atoms with E-state index in [9.17, 15) is 14.7 Å². The minimum atomic E-state index is -0.817. The predicted octanol–water partition coefficient (Wildman–Crippen LogP) is 4.73. The first-order valence-corrected chi connectivity index (χ1v) is 12.3. The highest BCUT2D eigenvalue weighted by Crippen LogP contribution is 2.42. The average molecular weight is 498 g/mol. The van der Waals surface area contributed by atoms with Crippen molar-refractivity contribution in [2.75, 3.05) is 33.0 Å². The first-order chi connectivity index (χ1) is 17.3. The molecule has 0 bridgehead atoms. The number of likely N-dealkylation sites (tertiary alicyclic amines) is 1. The monoisotopic (exact) mass is 497 g/mol. The van der Waals surface area contributed by atoms with E-state index in [0.717, 1.165) is 0 Å². The van der Waals surface area contributed by atoms with Crippen molar-refractivity contribution in [3.05, 3.63) is 59.2 Å². The second-order valence-corrected chi connectivity index (χ2v) is 8.44. The van der Waals surface area contributed by atoms with Crippen LogP contribution >= 0.6 is 0 Å². The Morgan fingerprint density at radius 1 is 0.944 bits per heavy atom. The third-order valence-electron chi connectivity index (χ3n) is 5.63. The molecule has 1 atom stereocenters. The van der Waals surface area contributed by atoms with Crippen LogP contribution in [0.5, 0.6) is 17.2 Å². The van der Waals surface area contributed by atoms with Crippen LogP contribution in [0, 0.1) is 0 Å². The Morgan fingerprint density at radius 3 is 2.25 bits per heavy atom. The maximum Gasteiger partial charge on any atom is 0.295 e. The molecule has 2 aromatic rings. The fourth-order valence-electron chi connectivity index (χ4n) is 4.16. The van der Waals surface area contributed by atoms with Crippen LogP contribution in [0.1, 0.15) is 51.8 Å². The number of rotatable bonds is 12. The topological polar surface area (TPSA) is 94.5 Å². The van der Waals surface area contributed by atoms with Gasteiger partial charge in [-0.3, -0.25) is 9.59 Å². The molecule has 1 fully saturated rings. The zero-order chi connectivity index (χ0) is 26.2. The zero-order valence-electron chi connectivity index (χ0n) is 21.6. The Labute approximate surface area is 212 Å². The number of hydrogen-bond acceptors (Lipinski definition) is 7. The number of carbonyl (C=O) groups is 2. The Kier molecular flexibility index (Phi) is 9.36. The summed E-state index contributed by atoms with van der Waals surface area (Å²) in [6.45, 7) is 11.1. The van der Waals surface area contributed by atoms with Gasteiger partial charge in [0.15, 0.2) is 0 Å². The molecule has 8 heteroatoms. The number of hydrogen-bond donors (Lipinski definition) is 1. The van der Waals surface area contributed by atoms with Gasteiger partial charge in [-0.1, -0.05) is 12.1 Å². The molecular weight excluding hydrogens is 462 g/mol. The summed E-state index contributed by atoms with van der Waals surface area (Å²) >= 11 is 0. The minimum absolute atomic E-state index is 0.0108. The molecule has 0 spiro atoms. The number of aliphatic hydroxyl groups excluding tert-OH is 1. The fourth-order valence-corrected chi connectivity index (χ4v) is 4.16. The van der Waals surface area contributed by atoms with Crippen LogP contribution in [0.2, 0.25) is 0 Å². The molecule has 1 N–H and O–H groups in total. The average Bonchev–Trinajstić information content (AvgIpc) is 3.09. The Bertz CT molecular complexity index is 1110. The van der Waals surface area contributed by atoms with Gasteiger partial charge in [0.2, 0.25) is 0 Å². The highest BCUT2D eigenvalue weighted by molar-refractivity contribution is 6.46. The van der Waals surface area contributed by atoms with Gasteiger partial charge in [0, 0.05) is 12.6 Å². The van der Waals surface area contributed by atoms with Crippen molar-refractivity contribution >= 4 is 17.4 Å². The molecule has 1 saturated heterocycles. The molecular formula is C28H35NO7. The summed E-state index contributed by atoms with van der Waals surface area (Å²) < 4.78 is 22.6. The summed E-state index contributed by atoms with van der Waals surface area (Å²) in [6, 6.07) is 11.4. The van der Waals surface area contributed by atoms with Crippen LogP contribution in [0.15, 0.2) is 48.0 Å². The fraction of sp³-hybridized carbons (Fsp3) is 0.429. The Morgan fingerprint density at radius 2 is 1.61 bits per heavy atom. The number of benzene rings is 2. The lowest BCUT2D eigenvalue weighted by molar-refractivity contribution is -0.140. The molecule has 8 nitrogen and oxygen atoms in total. The quantitative estimate of drug-likeness (QED) is 0.257. The molecule has 1 amide bonds. The molecule has 0 aliphatic carbocycles. The number of amides is 1. The normalized spacial score (nSPS) is 17.1. The van der Waals surface area contributed by atoms with Gasteiger partial charge in [0.1, 0.15) is 23.0 Å². The number of nitrogens with zero attached hydrogens (tertiary/aromatic N) is 1. The maximum atomic E-state index is 13.3. The van der Waals surface area contributed by atoms with Gasteiger partial charge >= 0.3 is 0 Å².